The van der Waals surface area contributed by atoms with Gasteiger partial charge in [0.05, 0.1) is 0 Å². The maximum atomic E-state index is 12.2. The second-order valence-electron chi connectivity index (χ2n) is 7.00. The van der Waals surface area contributed by atoms with Gasteiger partial charge in [-0.05, 0) is 36.2 Å². The Balaban J connectivity index is 1.34. The topological polar surface area (TPSA) is 68.5 Å². The molecule has 1 saturated carbocycles. The summed E-state index contributed by atoms with van der Waals surface area (Å²) in [5.74, 6) is 1.48. The minimum atomic E-state index is -0.361. The van der Waals surface area contributed by atoms with Crippen molar-refractivity contribution in [2.75, 3.05) is 6.54 Å². The number of rotatable bonds is 6. The molecule has 2 bridgehead atoms. The zero-order valence-corrected chi connectivity index (χ0v) is 14.4. The quantitative estimate of drug-likeness (QED) is 0.812. The van der Waals surface area contributed by atoms with Crippen molar-refractivity contribution in [1.29, 1.82) is 0 Å². The molecule has 134 valence electrons. The van der Waals surface area contributed by atoms with Gasteiger partial charge in [0, 0.05) is 12.6 Å². The normalized spacial score (nSPS) is 23.2. The van der Waals surface area contributed by atoms with Gasteiger partial charge in [-0.2, -0.15) is 0 Å². The van der Waals surface area contributed by atoms with Gasteiger partial charge in [0.15, 0.2) is 5.76 Å². The molecule has 1 amide bonds. The van der Waals surface area contributed by atoms with Crippen molar-refractivity contribution in [3.8, 4) is 5.75 Å². The smallest absolute Gasteiger partial charge is 0.287 e. The van der Waals surface area contributed by atoms with Crippen molar-refractivity contribution >= 4 is 5.91 Å². The first-order valence-electron chi connectivity index (χ1n) is 8.95. The van der Waals surface area contributed by atoms with Crippen molar-refractivity contribution in [3.63, 3.8) is 0 Å². The van der Waals surface area contributed by atoms with Crippen LogP contribution in [0.3, 0.4) is 0 Å². The van der Waals surface area contributed by atoms with Crippen LogP contribution in [-0.2, 0) is 6.61 Å². The average molecular weight is 351 g/mol. The summed E-state index contributed by atoms with van der Waals surface area (Å²) in [6, 6.07) is 10.7. The lowest BCUT2D eigenvalue weighted by atomic mass is 9.93. The Morgan fingerprint density at radius 2 is 2.04 bits per heavy atom. The predicted octanol–water partition coefficient (Wildman–Crippen LogP) is 3.16. The summed E-state index contributed by atoms with van der Waals surface area (Å²) >= 11 is 0. The van der Waals surface area contributed by atoms with E-state index < -0.39 is 0 Å². The number of hydrogen-bond donors (Lipinski definition) is 1. The summed E-state index contributed by atoms with van der Waals surface area (Å²) in [6.45, 7) is 0.884. The average Bonchev–Trinajstić information content (AvgIpc) is 3.29. The van der Waals surface area contributed by atoms with Crippen molar-refractivity contribution in [2.45, 2.75) is 19.4 Å². The van der Waals surface area contributed by atoms with Crippen LogP contribution in [0.5, 0.6) is 5.75 Å². The van der Waals surface area contributed by atoms with E-state index in [1.807, 2.05) is 30.3 Å². The van der Waals surface area contributed by atoms with E-state index in [1.165, 1.54) is 18.8 Å². The summed E-state index contributed by atoms with van der Waals surface area (Å²) < 4.78 is 10.8. The first kappa shape index (κ1) is 16.6. The van der Waals surface area contributed by atoms with Crippen LogP contribution in [0.4, 0.5) is 0 Å². The molecule has 5 nitrogen and oxygen atoms in total. The van der Waals surface area contributed by atoms with Gasteiger partial charge >= 0.3 is 0 Å². The Hall–Kier alpha value is -2.82. The lowest BCUT2D eigenvalue weighted by Gasteiger charge is -2.18. The van der Waals surface area contributed by atoms with E-state index in [-0.39, 0.29) is 29.5 Å². The molecule has 1 aromatic carbocycles. The Morgan fingerprint density at radius 3 is 2.73 bits per heavy atom. The molecule has 0 spiro atoms. The number of hydrogen-bond acceptors (Lipinski definition) is 4. The predicted molar refractivity (Wildman–Crippen MR) is 96.9 cm³/mol. The molecule has 2 aliphatic carbocycles. The van der Waals surface area contributed by atoms with E-state index in [1.54, 1.807) is 0 Å². The van der Waals surface area contributed by atoms with E-state index >= 15 is 0 Å². The van der Waals surface area contributed by atoms with Crippen LogP contribution in [0.2, 0.25) is 0 Å². The first-order chi connectivity index (χ1) is 12.7. The molecule has 0 saturated heterocycles. The largest absolute Gasteiger partial charge is 0.482 e. The van der Waals surface area contributed by atoms with Crippen molar-refractivity contribution in [3.05, 3.63) is 76.4 Å². The van der Waals surface area contributed by atoms with Gasteiger partial charge in [0.25, 0.3) is 5.91 Å². The van der Waals surface area contributed by atoms with Gasteiger partial charge in [-0.25, -0.2) is 0 Å². The standard InChI is InChI=1S/C21H21NO4/c23-18-10-19(21(24)22-11-17-9-15-6-7-16(17)8-15)26-13-20(18)25-12-14-4-2-1-3-5-14/h1-7,10,13,15-17H,8-9,11-12H2,(H,22,24). The molecule has 4 rings (SSSR count). The fourth-order valence-electron chi connectivity index (χ4n) is 3.80. The van der Waals surface area contributed by atoms with Crippen molar-refractivity contribution in [2.24, 2.45) is 17.8 Å². The lowest BCUT2D eigenvalue weighted by Crippen LogP contribution is -2.31. The Kier molecular flexibility index (Phi) is 4.61. The van der Waals surface area contributed by atoms with Crippen LogP contribution < -0.4 is 15.5 Å². The third-order valence-corrected chi connectivity index (χ3v) is 5.20. The number of ether oxygens (including phenoxy) is 1. The highest BCUT2D eigenvalue weighted by atomic mass is 16.5. The highest BCUT2D eigenvalue weighted by Gasteiger charge is 2.35. The molecule has 5 heteroatoms. The van der Waals surface area contributed by atoms with Gasteiger partial charge in [0.2, 0.25) is 11.2 Å². The number of fused-ring (bicyclic) bond motifs is 2. The molecule has 26 heavy (non-hydrogen) atoms. The van der Waals surface area contributed by atoms with Crippen molar-refractivity contribution in [1.82, 2.24) is 5.32 Å². The zero-order valence-electron chi connectivity index (χ0n) is 14.4. The molecule has 2 aliphatic rings. The summed E-state index contributed by atoms with van der Waals surface area (Å²) in [7, 11) is 0. The molecule has 1 N–H and O–H groups in total. The van der Waals surface area contributed by atoms with Crippen LogP contribution in [0.15, 0.2) is 64.0 Å². The van der Waals surface area contributed by atoms with Gasteiger partial charge in [-0.3, -0.25) is 9.59 Å². The molecule has 3 atom stereocenters. The molecular weight excluding hydrogens is 330 g/mol. The van der Waals surface area contributed by atoms with Crippen LogP contribution >= 0.6 is 0 Å². The number of allylic oxidation sites excluding steroid dienone is 2. The van der Waals surface area contributed by atoms with Gasteiger partial charge < -0.3 is 14.5 Å². The number of nitrogens with one attached hydrogen (secondary N) is 1. The van der Waals surface area contributed by atoms with Gasteiger partial charge in [-0.1, -0.05) is 42.5 Å². The SMILES string of the molecule is O=C(NCC1CC2C=CC1C2)c1cc(=O)c(OCc2ccccc2)co1. The Labute approximate surface area is 151 Å². The monoisotopic (exact) mass is 351 g/mol. The van der Waals surface area contributed by atoms with Crippen LogP contribution in [-0.4, -0.2) is 12.5 Å². The molecular formula is C21H21NO4. The van der Waals surface area contributed by atoms with E-state index in [0.717, 1.165) is 12.0 Å². The minimum absolute atomic E-state index is 0.0146. The summed E-state index contributed by atoms with van der Waals surface area (Å²) in [5, 5.41) is 2.88. The highest BCUT2D eigenvalue weighted by Crippen LogP contribution is 2.42. The molecule has 1 fully saturated rings. The summed E-state index contributed by atoms with van der Waals surface area (Å²) in [5.41, 5.74) is 0.591. The van der Waals surface area contributed by atoms with E-state index in [4.69, 9.17) is 9.15 Å². The molecule has 1 heterocycles. The minimum Gasteiger partial charge on any atom is -0.482 e. The van der Waals surface area contributed by atoms with E-state index in [0.29, 0.717) is 24.3 Å². The second-order valence-corrected chi connectivity index (χ2v) is 7.00. The van der Waals surface area contributed by atoms with Crippen LogP contribution in [0, 0.1) is 17.8 Å². The first-order valence-corrected chi connectivity index (χ1v) is 8.95. The Bertz CT molecular complexity index is 871. The maximum Gasteiger partial charge on any atom is 0.287 e. The number of carbonyl (C=O) groups is 1. The van der Waals surface area contributed by atoms with Gasteiger partial charge in [0.1, 0.15) is 12.9 Å². The zero-order chi connectivity index (χ0) is 17.9. The molecule has 3 unspecified atom stereocenters. The fraction of sp³-hybridized carbons (Fsp3) is 0.333. The molecule has 0 aliphatic heterocycles. The third kappa shape index (κ3) is 3.57. The van der Waals surface area contributed by atoms with Gasteiger partial charge in [-0.15, -0.1) is 0 Å². The lowest BCUT2D eigenvalue weighted by molar-refractivity contribution is 0.0913. The van der Waals surface area contributed by atoms with Crippen LogP contribution in [0.1, 0.15) is 29.0 Å². The molecule has 1 aromatic heterocycles. The summed E-state index contributed by atoms with van der Waals surface area (Å²) in [6.07, 6.45) is 8.06. The number of carbonyl (C=O) groups excluding carboxylic acids is 1. The second kappa shape index (κ2) is 7.20. The Morgan fingerprint density at radius 1 is 1.19 bits per heavy atom. The van der Waals surface area contributed by atoms with Crippen molar-refractivity contribution < 1.29 is 13.9 Å². The summed E-state index contributed by atoms with van der Waals surface area (Å²) in [4.78, 5) is 24.4. The van der Waals surface area contributed by atoms with E-state index in [9.17, 15) is 9.59 Å². The number of benzene rings is 1. The molecule has 2 aromatic rings. The van der Waals surface area contributed by atoms with Crippen LogP contribution in [0.25, 0.3) is 0 Å². The number of amides is 1. The third-order valence-electron chi connectivity index (χ3n) is 5.20. The maximum absolute atomic E-state index is 12.2. The fourth-order valence-corrected chi connectivity index (χ4v) is 3.80. The molecule has 0 radical (unpaired) electrons. The highest BCUT2D eigenvalue weighted by molar-refractivity contribution is 5.91. The van der Waals surface area contributed by atoms with E-state index in [2.05, 4.69) is 17.5 Å².